The van der Waals surface area contributed by atoms with Crippen LogP contribution in [0.2, 0.25) is 0 Å². The molecule has 0 amide bonds. The molecule has 0 bridgehead atoms. The van der Waals surface area contributed by atoms with Crippen LogP contribution in [0.4, 0.5) is 17.6 Å². The van der Waals surface area contributed by atoms with Gasteiger partial charge in [-0.05, 0) is 52.0 Å². The SMILES string of the molecule is C=C(OC(C)=O)C(Cl)(c1c(F)cccc1F)S(=O)(=O)C1=NOC(C)(C)C1.CC1(C)CC(S(=O)(=O)C(Cl)c2c(F)cccc2F)=NO1. The Morgan fingerprint density at radius 3 is 1.70 bits per heavy atom. The molecule has 2 aromatic rings. The third-order valence-corrected chi connectivity index (χ3v) is 12.0. The van der Waals surface area contributed by atoms with Crippen molar-refractivity contribution in [1.29, 1.82) is 0 Å². The minimum Gasteiger partial charge on any atom is -0.428 e. The highest BCUT2D eigenvalue weighted by Crippen LogP contribution is 2.47. The van der Waals surface area contributed by atoms with E-state index < -0.39 is 91.0 Å². The molecule has 46 heavy (non-hydrogen) atoms. The van der Waals surface area contributed by atoms with Crippen LogP contribution in [0.1, 0.15) is 63.3 Å². The Hall–Kier alpha value is -3.21. The van der Waals surface area contributed by atoms with Crippen LogP contribution in [-0.4, -0.2) is 44.1 Å². The Balaban J connectivity index is 0.000000259. The first-order chi connectivity index (χ1) is 21.0. The summed E-state index contributed by atoms with van der Waals surface area (Å²) in [5, 5.41) is 6.09. The van der Waals surface area contributed by atoms with Crippen LogP contribution in [0, 0.1) is 23.3 Å². The predicted molar refractivity (Wildman–Crippen MR) is 162 cm³/mol. The number of nitrogens with zero attached hydrogens (tertiary/aromatic N) is 2. The molecule has 0 aliphatic carbocycles. The van der Waals surface area contributed by atoms with Crippen molar-refractivity contribution >= 4 is 58.9 Å². The summed E-state index contributed by atoms with van der Waals surface area (Å²) in [7, 11) is -8.98. The third kappa shape index (κ3) is 7.34. The second-order valence-electron chi connectivity index (χ2n) is 11.2. The molecule has 2 aliphatic heterocycles. The summed E-state index contributed by atoms with van der Waals surface area (Å²) in [4.78, 5) is 21.2. The number of alkyl halides is 2. The summed E-state index contributed by atoms with van der Waals surface area (Å²) in [5.74, 6) is -6.38. The van der Waals surface area contributed by atoms with E-state index in [0.717, 1.165) is 43.3 Å². The molecule has 2 aliphatic rings. The number of benzene rings is 2. The first-order valence-corrected chi connectivity index (χ1v) is 16.9. The van der Waals surface area contributed by atoms with Crippen LogP contribution in [0.25, 0.3) is 0 Å². The van der Waals surface area contributed by atoms with Crippen molar-refractivity contribution in [2.45, 2.75) is 67.6 Å². The zero-order valence-electron chi connectivity index (χ0n) is 24.9. The number of halogens is 6. The van der Waals surface area contributed by atoms with Gasteiger partial charge in [-0.3, -0.25) is 4.79 Å². The van der Waals surface area contributed by atoms with E-state index in [1.54, 1.807) is 27.7 Å². The lowest BCUT2D eigenvalue weighted by Gasteiger charge is -2.28. The lowest BCUT2D eigenvalue weighted by Crippen LogP contribution is -2.40. The molecule has 2 atom stereocenters. The van der Waals surface area contributed by atoms with Crippen molar-refractivity contribution < 1.29 is 53.6 Å². The van der Waals surface area contributed by atoms with E-state index in [1.807, 2.05) is 0 Å². The largest absolute Gasteiger partial charge is 0.428 e. The van der Waals surface area contributed by atoms with Gasteiger partial charge in [-0.2, -0.15) is 0 Å². The Morgan fingerprint density at radius 2 is 1.30 bits per heavy atom. The van der Waals surface area contributed by atoms with Gasteiger partial charge in [0.25, 0.3) is 0 Å². The van der Waals surface area contributed by atoms with Crippen molar-refractivity contribution in [3.63, 3.8) is 0 Å². The molecule has 0 saturated heterocycles. The standard InChI is InChI=1S/C16H16ClF2NO5S.C12H12ClF2NO3S/c1-9(24-10(2)21)16(17,14-11(18)6-5-7-12(14)19)26(22,23)13-8-15(3,4)25-20-13;1-12(2)6-9(16-19-12)20(17,18)11(13)10-7(14)4-3-5-8(10)15/h5-7H,1,8H2,2-4H3;3-5,11H,6H2,1-2H3. The predicted octanol–water partition coefficient (Wildman–Crippen LogP) is 6.49. The lowest BCUT2D eigenvalue weighted by molar-refractivity contribution is -0.137. The minimum absolute atomic E-state index is 0.00533. The lowest BCUT2D eigenvalue weighted by atomic mass is 10.1. The normalized spacial score (nSPS) is 18.8. The molecular formula is C28H28Cl2F4N2O8S2. The summed E-state index contributed by atoms with van der Waals surface area (Å²) in [5.41, 5.74) is -3.49. The zero-order chi connectivity index (χ0) is 35.0. The van der Waals surface area contributed by atoms with Crippen molar-refractivity contribution in [2.75, 3.05) is 0 Å². The third-order valence-electron chi connectivity index (χ3n) is 6.36. The van der Waals surface area contributed by atoms with Gasteiger partial charge in [0.05, 0.1) is 11.1 Å². The maximum atomic E-state index is 14.4. The minimum atomic E-state index is -4.78. The van der Waals surface area contributed by atoms with Crippen molar-refractivity contribution in [1.82, 2.24) is 0 Å². The highest BCUT2D eigenvalue weighted by atomic mass is 35.5. The molecule has 4 rings (SSSR count). The van der Waals surface area contributed by atoms with Gasteiger partial charge < -0.3 is 14.4 Å². The van der Waals surface area contributed by atoms with E-state index in [1.165, 1.54) is 0 Å². The van der Waals surface area contributed by atoms with Gasteiger partial charge in [-0.25, -0.2) is 34.4 Å². The second kappa shape index (κ2) is 13.1. The summed E-state index contributed by atoms with van der Waals surface area (Å²) in [6, 6.07) is 5.70. The van der Waals surface area contributed by atoms with Crippen molar-refractivity contribution in [3.8, 4) is 0 Å². The molecule has 2 unspecified atom stereocenters. The number of oxime groups is 2. The fraction of sp³-hybridized carbons (Fsp3) is 0.393. The molecule has 0 N–H and O–H groups in total. The first kappa shape index (κ1) is 37.2. The monoisotopic (exact) mass is 730 g/mol. The molecule has 2 heterocycles. The second-order valence-corrected chi connectivity index (χ2v) is 16.8. The zero-order valence-corrected chi connectivity index (χ0v) is 28.1. The number of sulfone groups is 2. The molecule has 10 nitrogen and oxygen atoms in total. The van der Waals surface area contributed by atoms with Crippen LogP contribution in [0.15, 0.2) is 59.0 Å². The number of esters is 1. The van der Waals surface area contributed by atoms with Gasteiger partial charge >= 0.3 is 5.97 Å². The van der Waals surface area contributed by atoms with E-state index in [0.29, 0.717) is 0 Å². The maximum Gasteiger partial charge on any atom is 0.307 e. The average molecular weight is 732 g/mol. The van der Waals surface area contributed by atoms with Crippen LogP contribution in [0.3, 0.4) is 0 Å². The molecule has 0 aromatic heterocycles. The number of hydrogen-bond acceptors (Lipinski definition) is 10. The van der Waals surface area contributed by atoms with Crippen molar-refractivity contribution in [2.24, 2.45) is 10.3 Å². The molecule has 0 fully saturated rings. The molecule has 0 saturated carbocycles. The number of carbonyl (C=O) groups excluding carboxylic acids is 1. The molecular weight excluding hydrogens is 703 g/mol. The van der Waals surface area contributed by atoms with E-state index >= 15 is 0 Å². The summed E-state index contributed by atoms with van der Waals surface area (Å²) in [6.45, 7) is 10.7. The number of hydrogen-bond donors (Lipinski definition) is 0. The van der Waals surface area contributed by atoms with Crippen LogP contribution in [0.5, 0.6) is 0 Å². The van der Waals surface area contributed by atoms with Gasteiger partial charge in [0.15, 0.2) is 14.8 Å². The van der Waals surface area contributed by atoms with Gasteiger partial charge in [-0.15, -0.1) is 0 Å². The number of ether oxygens (including phenoxy) is 1. The number of rotatable bonds is 6. The Bertz CT molecular complexity index is 1810. The molecule has 18 heteroatoms. The summed E-state index contributed by atoms with van der Waals surface area (Å²) in [6.07, 6.45) is -0.206. The molecule has 0 radical (unpaired) electrons. The smallest absolute Gasteiger partial charge is 0.307 e. The molecule has 252 valence electrons. The van der Waals surface area contributed by atoms with Crippen LogP contribution >= 0.6 is 23.2 Å². The number of carbonyl (C=O) groups is 1. The Kier molecular flexibility index (Phi) is 10.6. The van der Waals surface area contributed by atoms with E-state index in [9.17, 15) is 39.2 Å². The summed E-state index contributed by atoms with van der Waals surface area (Å²) < 4.78 is 107. The highest BCUT2D eigenvalue weighted by molar-refractivity contribution is 8.08. The van der Waals surface area contributed by atoms with E-state index in [2.05, 4.69) is 16.9 Å². The fourth-order valence-corrected chi connectivity index (χ4v) is 8.41. The Labute approximate surface area is 272 Å². The molecule has 0 spiro atoms. The van der Waals surface area contributed by atoms with Gasteiger partial charge in [0, 0.05) is 19.8 Å². The van der Waals surface area contributed by atoms with Crippen LogP contribution in [-0.2, 0) is 43.1 Å². The van der Waals surface area contributed by atoms with Crippen LogP contribution < -0.4 is 0 Å². The average Bonchev–Trinajstić information content (AvgIpc) is 3.49. The van der Waals surface area contributed by atoms with Gasteiger partial charge in [-0.1, -0.05) is 52.2 Å². The van der Waals surface area contributed by atoms with Gasteiger partial charge in [0.2, 0.25) is 23.9 Å². The first-order valence-electron chi connectivity index (χ1n) is 13.1. The topological polar surface area (TPSA) is 138 Å². The van der Waals surface area contributed by atoms with Crippen molar-refractivity contribution in [3.05, 3.63) is 83.1 Å². The fourth-order valence-electron chi connectivity index (χ4n) is 4.14. The summed E-state index contributed by atoms with van der Waals surface area (Å²) >= 11 is 12.0. The van der Waals surface area contributed by atoms with Gasteiger partial charge in [0.1, 0.15) is 40.2 Å². The van der Waals surface area contributed by atoms with E-state index in [-0.39, 0.29) is 17.9 Å². The highest BCUT2D eigenvalue weighted by Gasteiger charge is 2.56. The maximum absolute atomic E-state index is 14.4. The van der Waals surface area contributed by atoms with E-state index in [4.69, 9.17) is 37.6 Å². The molecule has 2 aromatic carbocycles. The quantitative estimate of drug-likeness (QED) is 0.142. The Morgan fingerprint density at radius 1 is 0.891 bits per heavy atom.